The Kier molecular flexibility index (Phi) is 13.5. The van der Waals surface area contributed by atoms with E-state index in [0.29, 0.717) is 18.1 Å². The van der Waals surface area contributed by atoms with Crippen molar-refractivity contribution in [2.24, 2.45) is 5.92 Å². The molecule has 2 aromatic carbocycles. The minimum Gasteiger partial charge on any atom is -0.444 e. The number of aliphatic hydroxyl groups excluding tert-OH is 1. The third-order valence-corrected chi connectivity index (χ3v) is 9.16. The number of ether oxygens (including phenoxy) is 1. The highest BCUT2D eigenvalue weighted by molar-refractivity contribution is 8.00. The number of alkyl carbamates (subject to hydrolysis) is 1. The fraction of sp³-hybridized carbons (Fsp3) is 0.583. The van der Waals surface area contributed by atoms with E-state index >= 15 is 0 Å². The van der Waals surface area contributed by atoms with Crippen LogP contribution in [0.15, 0.2) is 65.6 Å². The number of thioether (sulfide) groups is 1. The average molecular weight is 655 g/mol. The third kappa shape index (κ3) is 11.9. The monoisotopic (exact) mass is 654 g/mol. The van der Waals surface area contributed by atoms with Crippen LogP contribution in [0, 0.1) is 5.92 Å². The molecule has 10 heteroatoms. The number of rotatable bonds is 12. The lowest BCUT2D eigenvalue weighted by atomic mass is 9.95. The summed E-state index contributed by atoms with van der Waals surface area (Å²) in [5.41, 5.74) is -0.375. The highest BCUT2D eigenvalue weighted by Gasteiger charge is 2.38. The Balaban J connectivity index is 1.79. The van der Waals surface area contributed by atoms with Gasteiger partial charge >= 0.3 is 6.09 Å². The van der Waals surface area contributed by atoms with Crippen molar-refractivity contribution in [1.29, 1.82) is 0 Å². The molecule has 3 rings (SSSR count). The Morgan fingerprint density at radius 3 is 2.15 bits per heavy atom. The standard InChI is InChI=1S/C36H54N4O5S/c1-24(2)31(39-34(44)45-36(6,7)8)32(42)38-28(21-25-15-11-9-12-16-25)30(41)23-40(35(3,4)5)33(43)29-22-27(19-20-37-29)46-26-17-13-10-14-18-26/h9-18,24,27-31,37,41H,19-23H2,1-8H3,(H,38,42)(H,39,44)/t27-,28+,29+,30-,31+/m1/s1. The first-order valence-corrected chi connectivity index (χ1v) is 17.2. The molecule has 5 atom stereocenters. The molecule has 1 saturated heterocycles. The molecule has 0 spiro atoms. The first-order chi connectivity index (χ1) is 21.5. The summed E-state index contributed by atoms with van der Waals surface area (Å²) in [6.45, 7) is 15.6. The maximum atomic E-state index is 14.1. The lowest BCUT2D eigenvalue weighted by molar-refractivity contribution is -0.141. The number of nitrogens with one attached hydrogen (secondary N) is 3. The van der Waals surface area contributed by atoms with Crippen LogP contribution in [0.1, 0.15) is 73.8 Å². The second-order valence-corrected chi connectivity index (χ2v) is 15.8. The van der Waals surface area contributed by atoms with Gasteiger partial charge in [-0.3, -0.25) is 9.59 Å². The number of piperidine rings is 1. The number of hydrogen-bond acceptors (Lipinski definition) is 7. The van der Waals surface area contributed by atoms with Gasteiger partial charge in [-0.25, -0.2) is 4.79 Å². The van der Waals surface area contributed by atoms with Crippen molar-refractivity contribution in [3.05, 3.63) is 66.2 Å². The molecule has 1 aliphatic rings. The molecule has 3 amide bonds. The number of carbonyl (C=O) groups is 3. The normalized spacial score (nSPS) is 19.1. The zero-order valence-electron chi connectivity index (χ0n) is 28.7. The second-order valence-electron chi connectivity index (χ2n) is 14.4. The summed E-state index contributed by atoms with van der Waals surface area (Å²) in [6, 6.07) is 17.8. The van der Waals surface area contributed by atoms with Crippen molar-refractivity contribution in [2.45, 2.75) is 120 Å². The van der Waals surface area contributed by atoms with E-state index in [0.717, 1.165) is 18.5 Å². The van der Waals surface area contributed by atoms with Gasteiger partial charge in [-0.1, -0.05) is 62.4 Å². The number of aliphatic hydroxyl groups is 1. The van der Waals surface area contributed by atoms with Crippen LogP contribution in [0.2, 0.25) is 0 Å². The van der Waals surface area contributed by atoms with Crippen molar-refractivity contribution in [3.8, 4) is 0 Å². The molecule has 0 saturated carbocycles. The van der Waals surface area contributed by atoms with E-state index in [2.05, 4.69) is 28.1 Å². The highest BCUT2D eigenvalue weighted by atomic mass is 32.2. The van der Waals surface area contributed by atoms with E-state index in [1.165, 1.54) is 4.90 Å². The summed E-state index contributed by atoms with van der Waals surface area (Å²) in [5.74, 6) is -0.737. The molecular weight excluding hydrogens is 600 g/mol. The van der Waals surface area contributed by atoms with Crippen LogP contribution in [-0.4, -0.2) is 81.6 Å². The van der Waals surface area contributed by atoms with Gasteiger partial charge in [-0.15, -0.1) is 11.8 Å². The van der Waals surface area contributed by atoms with Crippen molar-refractivity contribution in [1.82, 2.24) is 20.9 Å². The molecule has 254 valence electrons. The first kappa shape index (κ1) is 37.4. The maximum Gasteiger partial charge on any atom is 0.408 e. The smallest absolute Gasteiger partial charge is 0.408 e. The predicted molar refractivity (Wildman–Crippen MR) is 185 cm³/mol. The molecule has 1 heterocycles. The van der Waals surface area contributed by atoms with Crippen LogP contribution < -0.4 is 16.0 Å². The van der Waals surface area contributed by atoms with E-state index < -0.39 is 41.3 Å². The van der Waals surface area contributed by atoms with Crippen LogP contribution in [0.25, 0.3) is 0 Å². The van der Waals surface area contributed by atoms with E-state index in [9.17, 15) is 19.5 Å². The Morgan fingerprint density at radius 1 is 0.978 bits per heavy atom. The van der Waals surface area contributed by atoms with Gasteiger partial charge in [0.1, 0.15) is 11.6 Å². The van der Waals surface area contributed by atoms with E-state index in [-0.39, 0.29) is 24.4 Å². The number of amides is 3. The molecule has 2 aromatic rings. The predicted octanol–water partition coefficient (Wildman–Crippen LogP) is 5.16. The van der Waals surface area contributed by atoms with Gasteiger partial charge in [0.2, 0.25) is 11.8 Å². The van der Waals surface area contributed by atoms with E-state index in [1.807, 2.05) is 83.1 Å². The van der Waals surface area contributed by atoms with Crippen LogP contribution in [-0.2, 0) is 20.7 Å². The summed E-state index contributed by atoms with van der Waals surface area (Å²) in [6.07, 6.45) is 0.210. The number of benzene rings is 2. The summed E-state index contributed by atoms with van der Waals surface area (Å²) in [5, 5.41) is 21.2. The maximum absolute atomic E-state index is 14.1. The number of β-amino-alcohol motifs (C(OH)–C–C–N with tert-alkyl or cyclic N) is 1. The zero-order chi connectivity index (χ0) is 34.1. The Morgan fingerprint density at radius 2 is 1.59 bits per heavy atom. The quantitative estimate of drug-likeness (QED) is 0.250. The molecule has 1 fully saturated rings. The van der Waals surface area contributed by atoms with Crippen molar-refractivity contribution < 1.29 is 24.2 Å². The summed E-state index contributed by atoms with van der Waals surface area (Å²) in [4.78, 5) is 43.3. The fourth-order valence-corrected chi connectivity index (χ4v) is 6.68. The van der Waals surface area contributed by atoms with E-state index in [1.54, 1.807) is 37.4 Å². The topological polar surface area (TPSA) is 120 Å². The van der Waals surface area contributed by atoms with Crippen LogP contribution in [0.4, 0.5) is 4.79 Å². The van der Waals surface area contributed by atoms with Gasteiger partial charge in [-0.2, -0.15) is 0 Å². The van der Waals surface area contributed by atoms with Gasteiger partial charge in [0.15, 0.2) is 0 Å². The van der Waals surface area contributed by atoms with Crippen LogP contribution in [0.5, 0.6) is 0 Å². The molecule has 0 aromatic heterocycles. The molecule has 4 N–H and O–H groups in total. The second kappa shape index (κ2) is 16.7. The van der Waals surface area contributed by atoms with Gasteiger partial charge in [-0.05, 0) is 91.0 Å². The molecule has 46 heavy (non-hydrogen) atoms. The Bertz CT molecular complexity index is 1260. The fourth-order valence-electron chi connectivity index (χ4n) is 5.46. The molecular formula is C36H54N4O5S. The zero-order valence-corrected chi connectivity index (χ0v) is 29.5. The number of nitrogens with zero attached hydrogens (tertiary/aromatic N) is 1. The van der Waals surface area contributed by atoms with Crippen molar-refractivity contribution in [2.75, 3.05) is 13.1 Å². The van der Waals surface area contributed by atoms with Crippen LogP contribution >= 0.6 is 11.8 Å². The van der Waals surface area contributed by atoms with Gasteiger partial charge in [0.25, 0.3) is 0 Å². The van der Waals surface area contributed by atoms with Gasteiger partial charge < -0.3 is 30.7 Å². The minimum absolute atomic E-state index is 0.0284. The van der Waals surface area contributed by atoms with Crippen molar-refractivity contribution in [3.63, 3.8) is 0 Å². The number of hydrogen-bond donors (Lipinski definition) is 4. The first-order valence-electron chi connectivity index (χ1n) is 16.3. The van der Waals surface area contributed by atoms with Crippen molar-refractivity contribution >= 4 is 29.7 Å². The summed E-state index contributed by atoms with van der Waals surface area (Å²) in [7, 11) is 0. The summed E-state index contributed by atoms with van der Waals surface area (Å²) >= 11 is 1.80. The van der Waals surface area contributed by atoms with E-state index in [4.69, 9.17) is 4.74 Å². The molecule has 9 nitrogen and oxygen atoms in total. The highest BCUT2D eigenvalue weighted by Crippen LogP contribution is 2.31. The Hall–Kier alpha value is -3.08. The Labute approximate surface area is 279 Å². The van der Waals surface area contributed by atoms with Gasteiger partial charge in [0, 0.05) is 22.2 Å². The van der Waals surface area contributed by atoms with Gasteiger partial charge in [0.05, 0.1) is 18.2 Å². The molecule has 0 unspecified atom stereocenters. The molecule has 1 aliphatic heterocycles. The minimum atomic E-state index is -1.08. The molecule has 0 aliphatic carbocycles. The number of carbonyl (C=O) groups excluding carboxylic acids is 3. The largest absolute Gasteiger partial charge is 0.444 e. The summed E-state index contributed by atoms with van der Waals surface area (Å²) < 4.78 is 5.40. The lowest BCUT2D eigenvalue weighted by Gasteiger charge is -2.42. The lowest BCUT2D eigenvalue weighted by Crippen LogP contribution is -2.61. The molecule has 0 radical (unpaired) electrons. The average Bonchev–Trinajstić information content (AvgIpc) is 2.97. The third-order valence-electron chi connectivity index (χ3n) is 7.86. The SMILES string of the molecule is CC(C)[C@H](NC(=O)OC(C)(C)C)C(=O)N[C@@H](Cc1ccccc1)[C@H](O)CN(C(=O)[C@@H]1C[C@H](Sc2ccccc2)CCN1)C(C)(C)C. The van der Waals surface area contributed by atoms with Crippen LogP contribution in [0.3, 0.4) is 0 Å². The molecule has 0 bridgehead atoms.